The van der Waals surface area contributed by atoms with Gasteiger partial charge in [-0.05, 0) is 53.7 Å². The van der Waals surface area contributed by atoms with E-state index >= 15 is 0 Å². The highest BCUT2D eigenvalue weighted by Crippen LogP contribution is 2.36. The van der Waals surface area contributed by atoms with Gasteiger partial charge in [0.2, 0.25) is 5.91 Å². The molecule has 7 heteroatoms. The van der Waals surface area contributed by atoms with Crippen molar-refractivity contribution >= 4 is 57.9 Å². The first-order chi connectivity index (χ1) is 12.0. The highest BCUT2D eigenvalue weighted by molar-refractivity contribution is 8.19. The number of thioether (sulfide) groups is 1. The van der Waals surface area contributed by atoms with Gasteiger partial charge >= 0.3 is 0 Å². The molecule has 3 rings (SSSR count). The molecule has 25 heavy (non-hydrogen) atoms. The Balaban J connectivity index is 1.87. The van der Waals surface area contributed by atoms with Crippen LogP contribution in [-0.2, 0) is 9.59 Å². The van der Waals surface area contributed by atoms with Crippen molar-refractivity contribution in [1.29, 1.82) is 0 Å². The molecule has 1 heterocycles. The van der Waals surface area contributed by atoms with E-state index in [1.165, 1.54) is 6.92 Å². The molecule has 126 valence electrons. The van der Waals surface area contributed by atoms with Crippen LogP contribution in [0, 0.1) is 0 Å². The number of hydrogen-bond donors (Lipinski definition) is 1. The molecule has 0 atom stereocenters. The van der Waals surface area contributed by atoms with E-state index in [0.717, 1.165) is 16.7 Å². The SMILES string of the molecule is CC(=O)Nc1ccc(N2C(=O)S/C(=C\c3ccccc3Cl)C2=O)cc1. The Bertz CT molecular complexity index is 893. The largest absolute Gasteiger partial charge is 0.326 e. The number of hydrogen-bond acceptors (Lipinski definition) is 4. The molecule has 0 bridgehead atoms. The van der Waals surface area contributed by atoms with Gasteiger partial charge in [-0.25, -0.2) is 4.90 Å². The van der Waals surface area contributed by atoms with Crippen molar-refractivity contribution in [1.82, 2.24) is 0 Å². The summed E-state index contributed by atoms with van der Waals surface area (Å²) in [6.07, 6.45) is 1.61. The molecule has 0 aliphatic carbocycles. The quantitative estimate of drug-likeness (QED) is 0.803. The van der Waals surface area contributed by atoms with Gasteiger partial charge in [-0.3, -0.25) is 14.4 Å². The van der Waals surface area contributed by atoms with Crippen molar-refractivity contribution in [3.8, 4) is 0 Å². The summed E-state index contributed by atoms with van der Waals surface area (Å²) in [5.74, 6) is -0.594. The van der Waals surface area contributed by atoms with Crippen LogP contribution < -0.4 is 10.2 Å². The summed E-state index contributed by atoms with van der Waals surface area (Å²) in [5, 5.41) is 2.76. The van der Waals surface area contributed by atoms with E-state index in [1.54, 1.807) is 48.5 Å². The molecular formula is C18H13ClN2O3S. The molecular weight excluding hydrogens is 360 g/mol. The van der Waals surface area contributed by atoms with Crippen molar-refractivity contribution in [2.75, 3.05) is 10.2 Å². The molecule has 1 saturated heterocycles. The molecule has 1 aliphatic rings. The van der Waals surface area contributed by atoms with Crippen molar-refractivity contribution in [2.24, 2.45) is 0 Å². The molecule has 5 nitrogen and oxygen atoms in total. The minimum atomic E-state index is -0.401. The monoisotopic (exact) mass is 372 g/mol. The number of amides is 3. The normalized spacial score (nSPS) is 15.8. The average molecular weight is 373 g/mol. The van der Waals surface area contributed by atoms with Gasteiger partial charge in [0.15, 0.2) is 0 Å². The molecule has 3 amide bonds. The van der Waals surface area contributed by atoms with Gasteiger partial charge in [-0.15, -0.1) is 0 Å². The molecule has 0 unspecified atom stereocenters. The maximum atomic E-state index is 12.6. The number of benzene rings is 2. The summed E-state index contributed by atoms with van der Waals surface area (Å²) in [6.45, 7) is 1.41. The molecule has 1 aliphatic heterocycles. The summed E-state index contributed by atoms with van der Waals surface area (Å²) in [5.41, 5.74) is 1.71. The molecule has 1 fully saturated rings. The first kappa shape index (κ1) is 17.3. The van der Waals surface area contributed by atoms with Crippen LogP contribution >= 0.6 is 23.4 Å². The van der Waals surface area contributed by atoms with Crippen LogP contribution in [0.4, 0.5) is 16.2 Å². The van der Waals surface area contributed by atoms with E-state index in [0.29, 0.717) is 26.9 Å². The van der Waals surface area contributed by atoms with Gasteiger partial charge in [-0.1, -0.05) is 29.8 Å². The number of nitrogens with one attached hydrogen (secondary N) is 1. The van der Waals surface area contributed by atoms with Gasteiger partial charge in [0.05, 0.1) is 10.6 Å². The van der Waals surface area contributed by atoms with Gasteiger partial charge in [-0.2, -0.15) is 0 Å². The average Bonchev–Trinajstić information content (AvgIpc) is 2.84. The van der Waals surface area contributed by atoms with E-state index in [2.05, 4.69) is 5.32 Å². The number of carbonyl (C=O) groups excluding carboxylic acids is 3. The molecule has 0 spiro atoms. The fraction of sp³-hybridized carbons (Fsp3) is 0.0556. The van der Waals surface area contributed by atoms with E-state index in [4.69, 9.17) is 11.6 Å². The lowest BCUT2D eigenvalue weighted by Gasteiger charge is -2.13. The first-order valence-corrected chi connectivity index (χ1v) is 8.55. The Morgan fingerprint density at radius 3 is 2.44 bits per heavy atom. The minimum Gasteiger partial charge on any atom is -0.326 e. The smallest absolute Gasteiger partial charge is 0.298 e. The number of rotatable bonds is 3. The number of anilines is 2. The summed E-state index contributed by atoms with van der Waals surface area (Å²) < 4.78 is 0. The maximum absolute atomic E-state index is 12.6. The van der Waals surface area contributed by atoms with Crippen molar-refractivity contribution in [2.45, 2.75) is 6.92 Å². The van der Waals surface area contributed by atoms with E-state index in [-0.39, 0.29) is 11.1 Å². The summed E-state index contributed by atoms with van der Waals surface area (Å²) in [4.78, 5) is 37.3. The lowest BCUT2D eigenvalue weighted by atomic mass is 10.2. The summed E-state index contributed by atoms with van der Waals surface area (Å²) in [7, 11) is 0. The van der Waals surface area contributed by atoms with Crippen LogP contribution in [0.1, 0.15) is 12.5 Å². The molecule has 0 aromatic heterocycles. The second kappa shape index (κ2) is 7.13. The van der Waals surface area contributed by atoms with Crippen LogP contribution in [0.15, 0.2) is 53.4 Å². The Kier molecular flexibility index (Phi) is 4.92. The Morgan fingerprint density at radius 1 is 1.12 bits per heavy atom. The molecule has 1 N–H and O–H groups in total. The van der Waals surface area contributed by atoms with E-state index < -0.39 is 5.91 Å². The number of halogens is 1. The topological polar surface area (TPSA) is 66.5 Å². The highest BCUT2D eigenvalue weighted by atomic mass is 35.5. The summed E-state index contributed by atoms with van der Waals surface area (Å²) in [6, 6.07) is 13.6. The van der Waals surface area contributed by atoms with E-state index in [9.17, 15) is 14.4 Å². The zero-order valence-electron chi connectivity index (χ0n) is 13.2. The van der Waals surface area contributed by atoms with Gasteiger partial charge in [0.1, 0.15) is 0 Å². The van der Waals surface area contributed by atoms with Crippen molar-refractivity contribution in [3.05, 3.63) is 64.0 Å². The molecule has 0 radical (unpaired) electrons. The van der Waals surface area contributed by atoms with Gasteiger partial charge < -0.3 is 5.32 Å². The van der Waals surface area contributed by atoms with Crippen LogP contribution in [0.5, 0.6) is 0 Å². The lowest BCUT2D eigenvalue weighted by molar-refractivity contribution is -0.114. The maximum Gasteiger partial charge on any atom is 0.298 e. The van der Waals surface area contributed by atoms with Crippen LogP contribution in [-0.4, -0.2) is 17.1 Å². The fourth-order valence-corrected chi connectivity index (χ4v) is 3.34. The molecule has 0 saturated carbocycles. The number of nitrogens with zero attached hydrogens (tertiary/aromatic N) is 1. The minimum absolute atomic E-state index is 0.193. The number of carbonyl (C=O) groups is 3. The van der Waals surface area contributed by atoms with Crippen LogP contribution in [0.3, 0.4) is 0 Å². The third-order valence-electron chi connectivity index (χ3n) is 3.43. The van der Waals surface area contributed by atoms with Gasteiger partial charge in [0.25, 0.3) is 11.1 Å². The van der Waals surface area contributed by atoms with E-state index in [1.807, 2.05) is 6.07 Å². The standard InChI is InChI=1S/C18H13ClN2O3S/c1-11(22)20-13-6-8-14(9-7-13)21-17(23)16(25-18(21)24)10-12-4-2-3-5-15(12)19/h2-10H,1H3,(H,20,22)/b16-10-. The number of imide groups is 1. The second-order valence-electron chi connectivity index (χ2n) is 5.27. The highest BCUT2D eigenvalue weighted by Gasteiger charge is 2.36. The predicted molar refractivity (Wildman–Crippen MR) is 101 cm³/mol. The third-order valence-corrected chi connectivity index (χ3v) is 4.65. The van der Waals surface area contributed by atoms with Crippen molar-refractivity contribution < 1.29 is 14.4 Å². The van der Waals surface area contributed by atoms with Gasteiger partial charge in [0, 0.05) is 17.6 Å². The zero-order valence-corrected chi connectivity index (χ0v) is 14.7. The second-order valence-corrected chi connectivity index (χ2v) is 6.67. The van der Waals surface area contributed by atoms with Crippen molar-refractivity contribution in [3.63, 3.8) is 0 Å². The Labute approximate surface area is 153 Å². The predicted octanol–water partition coefficient (Wildman–Crippen LogP) is 4.54. The van der Waals surface area contributed by atoms with Crippen LogP contribution in [0.2, 0.25) is 5.02 Å². The Hall–Kier alpha value is -2.57. The zero-order chi connectivity index (χ0) is 18.0. The summed E-state index contributed by atoms with van der Waals surface area (Å²) >= 11 is 6.97. The lowest BCUT2D eigenvalue weighted by Crippen LogP contribution is -2.27. The first-order valence-electron chi connectivity index (χ1n) is 7.36. The molecule has 2 aromatic rings. The molecule has 2 aromatic carbocycles. The Morgan fingerprint density at radius 2 is 1.80 bits per heavy atom. The van der Waals surface area contributed by atoms with Crippen LogP contribution in [0.25, 0.3) is 6.08 Å². The fourth-order valence-electron chi connectivity index (χ4n) is 2.32. The third kappa shape index (κ3) is 3.75.